The lowest BCUT2D eigenvalue weighted by Crippen LogP contribution is -2.46. The van der Waals surface area contributed by atoms with E-state index in [1.54, 1.807) is 34.6 Å². The van der Waals surface area contributed by atoms with Crippen LogP contribution in [-0.2, 0) is 23.9 Å². The number of nitrogens with one attached hydrogen (secondary N) is 2. The molecule has 0 radical (unpaired) electrons. The summed E-state index contributed by atoms with van der Waals surface area (Å²) in [6, 6.07) is 0.120. The minimum Gasteiger partial charge on any atom is -0.463 e. The normalized spacial score (nSPS) is 18.2. The second kappa shape index (κ2) is 13.7. The van der Waals surface area contributed by atoms with E-state index in [1.165, 1.54) is 18.2 Å². The predicted molar refractivity (Wildman–Crippen MR) is 131 cm³/mol. The smallest absolute Gasteiger partial charge is 0.330 e. The van der Waals surface area contributed by atoms with Crippen molar-refractivity contribution in [1.29, 1.82) is 0 Å². The molecule has 0 aliphatic heterocycles. The molecule has 1 saturated carbocycles. The highest BCUT2D eigenvalue weighted by atomic mass is 16.5. The topological polar surface area (TPSA) is 145 Å². The van der Waals surface area contributed by atoms with Gasteiger partial charge >= 0.3 is 5.97 Å². The number of rotatable bonds is 13. The van der Waals surface area contributed by atoms with Crippen molar-refractivity contribution in [2.24, 2.45) is 17.8 Å². The molecule has 1 aromatic rings. The van der Waals surface area contributed by atoms with Crippen LogP contribution in [0, 0.1) is 24.7 Å². The minimum absolute atomic E-state index is 0.0782. The number of hydrogen-bond donors (Lipinski definition) is 2. The summed E-state index contributed by atoms with van der Waals surface area (Å²) in [6.45, 7) is 8.81. The van der Waals surface area contributed by atoms with Gasteiger partial charge < -0.3 is 19.9 Å². The fourth-order valence-electron chi connectivity index (χ4n) is 4.17. The Morgan fingerprint density at radius 2 is 1.94 bits per heavy atom. The first-order valence-corrected chi connectivity index (χ1v) is 12.5. The van der Waals surface area contributed by atoms with Gasteiger partial charge in [0.2, 0.25) is 5.91 Å². The molecule has 1 aliphatic rings. The lowest BCUT2D eigenvalue weighted by atomic mass is 9.92. The van der Waals surface area contributed by atoms with Crippen LogP contribution in [0.25, 0.3) is 0 Å². The number of hydrogen-bond acceptors (Lipinski definition) is 8. The highest BCUT2D eigenvalue weighted by Crippen LogP contribution is 2.26. The average Bonchev–Trinajstić information content (AvgIpc) is 3.43. The molecule has 198 valence electrons. The van der Waals surface area contributed by atoms with Crippen molar-refractivity contribution < 1.29 is 33.2 Å². The number of carbonyl (C=O) groups excluding carboxylic acids is 5. The van der Waals surface area contributed by atoms with E-state index in [1.807, 2.05) is 0 Å². The fraction of sp³-hybridized carbons (Fsp3) is 0.615. The molecule has 10 nitrogen and oxygen atoms in total. The highest BCUT2D eigenvalue weighted by Gasteiger charge is 2.31. The molecule has 0 aromatic carbocycles. The van der Waals surface area contributed by atoms with Crippen molar-refractivity contribution in [2.75, 3.05) is 6.61 Å². The van der Waals surface area contributed by atoms with Gasteiger partial charge in [-0.05, 0) is 39.0 Å². The van der Waals surface area contributed by atoms with Crippen molar-refractivity contribution in [3.8, 4) is 0 Å². The number of amides is 2. The second-order valence-electron chi connectivity index (χ2n) is 9.61. The molecular formula is C26H37N3O7. The Labute approximate surface area is 211 Å². The number of ketones is 2. The van der Waals surface area contributed by atoms with Gasteiger partial charge in [-0.25, -0.2) is 4.79 Å². The van der Waals surface area contributed by atoms with Gasteiger partial charge in [-0.1, -0.05) is 32.0 Å². The highest BCUT2D eigenvalue weighted by molar-refractivity contribution is 5.97. The van der Waals surface area contributed by atoms with E-state index in [9.17, 15) is 24.0 Å². The Morgan fingerprint density at radius 1 is 1.22 bits per heavy atom. The summed E-state index contributed by atoms with van der Waals surface area (Å²) in [6.07, 6.45) is 5.15. The first-order valence-electron chi connectivity index (χ1n) is 12.5. The van der Waals surface area contributed by atoms with Crippen molar-refractivity contribution in [3.63, 3.8) is 0 Å². The summed E-state index contributed by atoms with van der Waals surface area (Å²) in [5.41, 5.74) is 0.0782. The van der Waals surface area contributed by atoms with E-state index in [4.69, 9.17) is 9.26 Å². The zero-order valence-corrected chi connectivity index (χ0v) is 21.7. The summed E-state index contributed by atoms with van der Waals surface area (Å²) in [5, 5.41) is 9.22. The summed E-state index contributed by atoms with van der Waals surface area (Å²) >= 11 is 0. The maximum atomic E-state index is 13.0. The van der Waals surface area contributed by atoms with Gasteiger partial charge in [0.15, 0.2) is 11.5 Å². The van der Waals surface area contributed by atoms with Crippen LogP contribution < -0.4 is 10.6 Å². The van der Waals surface area contributed by atoms with E-state index < -0.39 is 29.9 Å². The van der Waals surface area contributed by atoms with Crippen LogP contribution in [-0.4, -0.2) is 53.2 Å². The van der Waals surface area contributed by atoms with Gasteiger partial charge in [-0.3, -0.25) is 19.2 Å². The molecule has 10 heteroatoms. The van der Waals surface area contributed by atoms with Crippen LogP contribution in [0.2, 0.25) is 0 Å². The third-order valence-corrected chi connectivity index (χ3v) is 6.16. The number of aromatic nitrogens is 1. The van der Waals surface area contributed by atoms with Gasteiger partial charge in [-0.15, -0.1) is 0 Å². The first-order chi connectivity index (χ1) is 17.0. The zero-order chi connectivity index (χ0) is 26.8. The molecule has 2 amide bonds. The van der Waals surface area contributed by atoms with Crippen molar-refractivity contribution in [3.05, 3.63) is 29.7 Å². The summed E-state index contributed by atoms with van der Waals surface area (Å²) in [5.74, 6) is -2.18. The molecule has 4 atom stereocenters. The Balaban J connectivity index is 2.02. The van der Waals surface area contributed by atoms with Crippen LogP contribution in [0.5, 0.6) is 0 Å². The molecule has 1 aromatic heterocycles. The number of ether oxygens (including phenoxy) is 1. The maximum absolute atomic E-state index is 13.0. The van der Waals surface area contributed by atoms with Crippen LogP contribution >= 0.6 is 0 Å². The third kappa shape index (κ3) is 8.73. The van der Waals surface area contributed by atoms with Gasteiger partial charge in [0.1, 0.15) is 11.5 Å². The molecule has 2 rings (SSSR count). The lowest BCUT2D eigenvalue weighted by Gasteiger charge is -2.24. The Hall–Kier alpha value is -3.30. The van der Waals surface area contributed by atoms with Crippen LogP contribution in [0.4, 0.5) is 0 Å². The van der Waals surface area contributed by atoms with Gasteiger partial charge in [0, 0.05) is 42.9 Å². The van der Waals surface area contributed by atoms with Crippen molar-refractivity contribution >= 4 is 29.4 Å². The largest absolute Gasteiger partial charge is 0.463 e. The summed E-state index contributed by atoms with van der Waals surface area (Å²) in [4.78, 5) is 62.3. The molecule has 36 heavy (non-hydrogen) atoms. The standard InChI is InChI=1S/C26H37N3O7/c1-6-35-23(32)11-10-19(14-18-8-7-9-21(18)30)27-25(33)16(4)12-22(31)24(15(2)3)28-26(34)20-13-17(5)36-29-20/h10-11,13,15-16,18-19,24H,6-9,12,14H2,1-5H3,(H,27,33)(H,28,34)/b11-10+/t16-,18+,19-,24+/m1/s1. The number of esters is 1. The van der Waals surface area contributed by atoms with Crippen molar-refractivity contribution in [1.82, 2.24) is 15.8 Å². The zero-order valence-electron chi connectivity index (χ0n) is 21.7. The lowest BCUT2D eigenvalue weighted by molar-refractivity contribution is -0.137. The van der Waals surface area contributed by atoms with Crippen LogP contribution in [0.1, 0.15) is 76.0 Å². The first kappa shape index (κ1) is 28.9. The molecule has 0 unspecified atom stereocenters. The second-order valence-corrected chi connectivity index (χ2v) is 9.61. The Bertz CT molecular complexity index is 982. The molecule has 1 aliphatic carbocycles. The monoisotopic (exact) mass is 503 g/mol. The summed E-state index contributed by atoms with van der Waals surface area (Å²) < 4.78 is 9.83. The quantitative estimate of drug-likeness (QED) is 0.309. The maximum Gasteiger partial charge on any atom is 0.330 e. The van der Waals surface area contributed by atoms with E-state index >= 15 is 0 Å². The van der Waals surface area contributed by atoms with E-state index in [0.29, 0.717) is 18.6 Å². The Morgan fingerprint density at radius 3 is 2.50 bits per heavy atom. The van der Waals surface area contributed by atoms with E-state index in [2.05, 4.69) is 15.8 Å². The average molecular weight is 504 g/mol. The Kier molecular flexibility index (Phi) is 11.0. The van der Waals surface area contributed by atoms with Gasteiger partial charge in [0.25, 0.3) is 5.91 Å². The summed E-state index contributed by atoms with van der Waals surface area (Å²) in [7, 11) is 0. The molecule has 0 saturated heterocycles. The predicted octanol–water partition coefficient (Wildman–Crippen LogP) is 2.70. The minimum atomic E-state index is -0.805. The van der Waals surface area contributed by atoms with Gasteiger partial charge in [-0.2, -0.15) is 0 Å². The SMILES string of the molecule is CCOC(=O)/C=C/[C@H](C[C@@H]1CCCC1=O)NC(=O)[C@H](C)CC(=O)[C@@H](NC(=O)c1cc(C)on1)C(C)C. The fourth-order valence-corrected chi connectivity index (χ4v) is 4.17. The van der Waals surface area contributed by atoms with Crippen molar-refractivity contribution in [2.45, 2.75) is 78.8 Å². The molecule has 1 fully saturated rings. The number of carbonyl (C=O) groups is 5. The molecule has 2 N–H and O–H groups in total. The van der Waals surface area contributed by atoms with Crippen LogP contribution in [0.3, 0.4) is 0 Å². The van der Waals surface area contributed by atoms with E-state index in [0.717, 1.165) is 12.8 Å². The number of Topliss-reactive ketones (excluding diaryl/α,β-unsaturated/α-hetero) is 2. The molecule has 0 spiro atoms. The third-order valence-electron chi connectivity index (χ3n) is 6.16. The number of aryl methyl sites for hydroxylation is 1. The molecule has 0 bridgehead atoms. The molecular weight excluding hydrogens is 466 g/mol. The van der Waals surface area contributed by atoms with Crippen LogP contribution in [0.15, 0.2) is 22.7 Å². The molecule has 1 heterocycles. The number of nitrogens with zero attached hydrogens (tertiary/aromatic N) is 1. The van der Waals surface area contributed by atoms with E-state index in [-0.39, 0.29) is 48.0 Å². The van der Waals surface area contributed by atoms with Gasteiger partial charge in [0.05, 0.1) is 12.6 Å².